The Morgan fingerprint density at radius 3 is 2.61 bits per heavy atom. The Hall–Kier alpha value is -2.67. The van der Waals surface area contributed by atoms with Crippen molar-refractivity contribution in [1.82, 2.24) is 20.3 Å². The molecule has 1 N–H and O–H groups in total. The van der Waals surface area contributed by atoms with E-state index in [0.717, 1.165) is 22.6 Å². The molecule has 0 unspecified atom stereocenters. The molecule has 1 fully saturated rings. The van der Waals surface area contributed by atoms with Crippen LogP contribution in [0.5, 0.6) is 0 Å². The van der Waals surface area contributed by atoms with Crippen molar-refractivity contribution in [3.8, 4) is 0 Å². The maximum Gasteiger partial charge on any atom is 0.238 e. The second-order valence-electron chi connectivity index (χ2n) is 7.23. The number of nitrogens with zero attached hydrogens (tertiary/aromatic N) is 3. The van der Waals surface area contributed by atoms with Crippen LogP contribution in [-0.2, 0) is 22.6 Å². The number of nitrogens with one attached hydrogen (secondary N) is 1. The first kappa shape index (κ1) is 20.1. The topological polar surface area (TPSA) is 78.7 Å². The molecule has 1 aliphatic rings. The van der Waals surface area contributed by atoms with Crippen LogP contribution in [0.1, 0.15) is 29.0 Å². The Morgan fingerprint density at radius 2 is 1.96 bits per heavy atom. The second kappa shape index (κ2) is 9.01. The van der Waals surface area contributed by atoms with Gasteiger partial charge in [0.1, 0.15) is 11.8 Å². The lowest BCUT2D eigenvalue weighted by molar-refractivity contribution is -0.138. The van der Waals surface area contributed by atoms with Gasteiger partial charge in [-0.2, -0.15) is 0 Å². The average molecular weight is 384 g/mol. The zero-order valence-electron chi connectivity index (χ0n) is 16.8. The minimum atomic E-state index is -0.345. The highest BCUT2D eigenvalue weighted by atomic mass is 16.5. The Kier molecular flexibility index (Phi) is 6.46. The van der Waals surface area contributed by atoms with Crippen molar-refractivity contribution in [2.45, 2.75) is 39.3 Å². The van der Waals surface area contributed by atoms with E-state index in [4.69, 9.17) is 4.52 Å². The summed E-state index contributed by atoms with van der Waals surface area (Å²) >= 11 is 0. The smallest absolute Gasteiger partial charge is 0.238 e. The normalized spacial score (nSPS) is 17.5. The van der Waals surface area contributed by atoms with Gasteiger partial charge in [0.15, 0.2) is 0 Å². The molecule has 0 bridgehead atoms. The molecular weight excluding hydrogens is 356 g/mol. The predicted molar refractivity (Wildman–Crippen MR) is 106 cm³/mol. The molecule has 1 aromatic heterocycles. The van der Waals surface area contributed by atoms with Crippen molar-refractivity contribution in [3.05, 3.63) is 52.9 Å². The Morgan fingerprint density at radius 1 is 1.21 bits per heavy atom. The van der Waals surface area contributed by atoms with Crippen LogP contribution in [0.3, 0.4) is 0 Å². The fourth-order valence-electron chi connectivity index (χ4n) is 3.72. The summed E-state index contributed by atoms with van der Waals surface area (Å²) < 4.78 is 5.17. The molecule has 1 aliphatic heterocycles. The monoisotopic (exact) mass is 384 g/mol. The van der Waals surface area contributed by atoms with Crippen molar-refractivity contribution < 1.29 is 14.1 Å². The summed E-state index contributed by atoms with van der Waals surface area (Å²) in [6.45, 7) is 6.15. The molecule has 7 heteroatoms. The number of rotatable bonds is 6. The van der Waals surface area contributed by atoms with Gasteiger partial charge in [-0.05, 0) is 25.8 Å². The largest absolute Gasteiger partial charge is 0.361 e. The summed E-state index contributed by atoms with van der Waals surface area (Å²) in [6.07, 6.45) is 0.997. The lowest BCUT2D eigenvalue weighted by Crippen LogP contribution is -2.59. The summed E-state index contributed by atoms with van der Waals surface area (Å²) in [5.41, 5.74) is 3.00. The van der Waals surface area contributed by atoms with Crippen LogP contribution in [0.4, 0.5) is 0 Å². The molecule has 1 aromatic carbocycles. The van der Waals surface area contributed by atoms with Crippen molar-refractivity contribution >= 4 is 11.8 Å². The molecule has 0 spiro atoms. The highest BCUT2D eigenvalue weighted by Gasteiger charge is 2.33. The van der Waals surface area contributed by atoms with Crippen LogP contribution >= 0.6 is 0 Å². The standard InChI is InChI=1S/C21H28N4O3/c1-15-18(16(2)28-23-15)9-10-20(26)25-12-11-24(19(14-25)21(27)22-3)13-17-7-5-4-6-8-17/h4-8,19H,9-14H2,1-3H3,(H,22,27)/t19-/m1/s1. The van der Waals surface area contributed by atoms with Crippen LogP contribution in [-0.4, -0.2) is 59.5 Å². The number of benzene rings is 1. The van der Waals surface area contributed by atoms with E-state index < -0.39 is 0 Å². The molecule has 150 valence electrons. The molecule has 0 aliphatic carbocycles. The summed E-state index contributed by atoms with van der Waals surface area (Å²) in [4.78, 5) is 29.2. The minimum Gasteiger partial charge on any atom is -0.361 e. The Labute approximate surface area is 165 Å². The van der Waals surface area contributed by atoms with E-state index in [1.54, 1.807) is 11.9 Å². The maximum atomic E-state index is 12.8. The third kappa shape index (κ3) is 4.59. The molecule has 1 atom stereocenters. The molecule has 2 amide bonds. The number of piperazine rings is 1. The van der Waals surface area contributed by atoms with Gasteiger partial charge in [-0.1, -0.05) is 35.5 Å². The van der Waals surface area contributed by atoms with Crippen molar-refractivity contribution in [2.24, 2.45) is 0 Å². The third-order valence-corrected chi connectivity index (χ3v) is 5.39. The molecule has 0 saturated carbocycles. The Balaban J connectivity index is 1.63. The summed E-state index contributed by atoms with van der Waals surface area (Å²) in [6, 6.07) is 9.75. The van der Waals surface area contributed by atoms with Gasteiger partial charge in [0, 0.05) is 45.2 Å². The SMILES string of the molecule is CNC(=O)[C@H]1CN(C(=O)CCc2c(C)noc2C)CCN1Cc1ccccc1. The average Bonchev–Trinajstić information content (AvgIpc) is 3.04. The van der Waals surface area contributed by atoms with Gasteiger partial charge in [-0.25, -0.2) is 0 Å². The van der Waals surface area contributed by atoms with E-state index in [1.807, 2.05) is 32.0 Å². The second-order valence-corrected chi connectivity index (χ2v) is 7.23. The summed E-state index contributed by atoms with van der Waals surface area (Å²) in [5.74, 6) is 0.772. The minimum absolute atomic E-state index is 0.0563. The third-order valence-electron chi connectivity index (χ3n) is 5.39. The van der Waals surface area contributed by atoms with Crippen LogP contribution in [0.25, 0.3) is 0 Å². The van der Waals surface area contributed by atoms with E-state index in [2.05, 4.69) is 27.5 Å². The van der Waals surface area contributed by atoms with Gasteiger partial charge in [0.2, 0.25) is 11.8 Å². The van der Waals surface area contributed by atoms with Crippen LogP contribution in [0.15, 0.2) is 34.9 Å². The van der Waals surface area contributed by atoms with Gasteiger partial charge in [0.25, 0.3) is 0 Å². The van der Waals surface area contributed by atoms with Gasteiger partial charge in [0.05, 0.1) is 5.69 Å². The fourth-order valence-corrected chi connectivity index (χ4v) is 3.72. The lowest BCUT2D eigenvalue weighted by Gasteiger charge is -2.40. The fraction of sp³-hybridized carbons (Fsp3) is 0.476. The van der Waals surface area contributed by atoms with E-state index in [0.29, 0.717) is 39.0 Å². The van der Waals surface area contributed by atoms with Crippen LogP contribution < -0.4 is 5.32 Å². The van der Waals surface area contributed by atoms with Crippen molar-refractivity contribution in [1.29, 1.82) is 0 Å². The first-order chi connectivity index (χ1) is 13.5. The first-order valence-corrected chi connectivity index (χ1v) is 9.68. The molecular formula is C21H28N4O3. The number of hydrogen-bond acceptors (Lipinski definition) is 5. The lowest BCUT2D eigenvalue weighted by atomic mass is 10.1. The first-order valence-electron chi connectivity index (χ1n) is 9.68. The van der Waals surface area contributed by atoms with E-state index >= 15 is 0 Å². The van der Waals surface area contributed by atoms with Crippen LogP contribution in [0, 0.1) is 13.8 Å². The molecule has 7 nitrogen and oxygen atoms in total. The van der Waals surface area contributed by atoms with Gasteiger partial charge in [-0.15, -0.1) is 0 Å². The number of carbonyl (C=O) groups excluding carboxylic acids is 2. The number of aromatic nitrogens is 1. The molecule has 28 heavy (non-hydrogen) atoms. The zero-order valence-corrected chi connectivity index (χ0v) is 16.8. The number of aryl methyl sites for hydroxylation is 2. The number of likely N-dealkylation sites (N-methyl/N-ethyl adjacent to an activating group) is 1. The maximum absolute atomic E-state index is 12.8. The zero-order chi connectivity index (χ0) is 20.1. The van der Waals surface area contributed by atoms with Crippen molar-refractivity contribution in [3.63, 3.8) is 0 Å². The molecule has 2 aromatic rings. The van der Waals surface area contributed by atoms with Crippen molar-refractivity contribution in [2.75, 3.05) is 26.7 Å². The predicted octanol–water partition coefficient (Wildman–Crippen LogP) is 1.68. The number of carbonyl (C=O) groups is 2. The molecule has 0 radical (unpaired) electrons. The van der Waals surface area contributed by atoms with E-state index in [-0.39, 0.29) is 17.9 Å². The van der Waals surface area contributed by atoms with E-state index in [9.17, 15) is 9.59 Å². The van der Waals surface area contributed by atoms with Gasteiger partial charge >= 0.3 is 0 Å². The van der Waals surface area contributed by atoms with E-state index in [1.165, 1.54) is 0 Å². The number of hydrogen-bond donors (Lipinski definition) is 1. The molecule has 3 rings (SSSR count). The number of amides is 2. The highest BCUT2D eigenvalue weighted by molar-refractivity contribution is 5.83. The quantitative estimate of drug-likeness (QED) is 0.820. The highest BCUT2D eigenvalue weighted by Crippen LogP contribution is 2.18. The Bertz CT molecular complexity index is 799. The molecule has 2 heterocycles. The van der Waals surface area contributed by atoms with Gasteiger partial charge in [-0.3, -0.25) is 14.5 Å². The van der Waals surface area contributed by atoms with Gasteiger partial charge < -0.3 is 14.7 Å². The molecule has 1 saturated heterocycles. The summed E-state index contributed by atoms with van der Waals surface area (Å²) in [7, 11) is 1.64. The van der Waals surface area contributed by atoms with Crippen LogP contribution in [0.2, 0.25) is 0 Å². The summed E-state index contributed by atoms with van der Waals surface area (Å²) in [5, 5.41) is 6.68.